The van der Waals surface area contributed by atoms with Crippen molar-refractivity contribution in [3.8, 4) is 0 Å². The molecular formula is C21H22N6O3S. The van der Waals surface area contributed by atoms with Crippen LogP contribution in [0.5, 0.6) is 0 Å². The Kier molecular flexibility index (Phi) is 5.55. The zero-order valence-electron chi connectivity index (χ0n) is 16.9. The first-order chi connectivity index (χ1) is 14.8. The van der Waals surface area contributed by atoms with Crippen LogP contribution in [0.2, 0.25) is 0 Å². The SMILES string of the molecule is C[C@H]1CC[C@H](c2ccc3sc(N)nc3c2)N(C(=O)C(=O)Nc2ncccc2C(N)=O)C1. The van der Waals surface area contributed by atoms with E-state index < -0.39 is 17.7 Å². The predicted molar refractivity (Wildman–Crippen MR) is 118 cm³/mol. The molecule has 31 heavy (non-hydrogen) atoms. The Morgan fingerprint density at radius 1 is 1.23 bits per heavy atom. The van der Waals surface area contributed by atoms with Crippen molar-refractivity contribution in [1.82, 2.24) is 14.9 Å². The number of nitrogens with two attached hydrogens (primary N) is 2. The van der Waals surface area contributed by atoms with E-state index in [9.17, 15) is 14.4 Å². The average Bonchev–Trinajstić information content (AvgIpc) is 3.12. The monoisotopic (exact) mass is 438 g/mol. The van der Waals surface area contributed by atoms with E-state index in [4.69, 9.17) is 11.5 Å². The van der Waals surface area contributed by atoms with Gasteiger partial charge in [-0.05, 0) is 48.6 Å². The number of benzene rings is 1. The summed E-state index contributed by atoms with van der Waals surface area (Å²) in [5.74, 6) is -2.07. The maximum absolute atomic E-state index is 13.1. The molecule has 4 rings (SSSR count). The molecule has 0 saturated carbocycles. The van der Waals surface area contributed by atoms with Gasteiger partial charge in [0.1, 0.15) is 5.82 Å². The van der Waals surface area contributed by atoms with Crippen LogP contribution >= 0.6 is 11.3 Å². The number of primary amides is 1. The van der Waals surface area contributed by atoms with Crippen LogP contribution in [0.4, 0.5) is 10.9 Å². The van der Waals surface area contributed by atoms with Crippen LogP contribution < -0.4 is 16.8 Å². The van der Waals surface area contributed by atoms with Crippen LogP contribution in [0.15, 0.2) is 36.5 Å². The van der Waals surface area contributed by atoms with Gasteiger partial charge < -0.3 is 21.7 Å². The number of carbonyl (C=O) groups excluding carboxylic acids is 3. The molecule has 1 aliphatic rings. The van der Waals surface area contributed by atoms with Gasteiger partial charge in [0.05, 0.1) is 21.8 Å². The Morgan fingerprint density at radius 2 is 2.03 bits per heavy atom. The van der Waals surface area contributed by atoms with E-state index in [-0.39, 0.29) is 23.3 Å². The summed E-state index contributed by atoms with van der Waals surface area (Å²) in [7, 11) is 0. The third kappa shape index (κ3) is 4.19. The molecule has 160 valence electrons. The Morgan fingerprint density at radius 3 is 2.81 bits per heavy atom. The first-order valence-corrected chi connectivity index (χ1v) is 10.7. The second-order valence-corrected chi connectivity index (χ2v) is 8.72. The molecule has 1 aliphatic heterocycles. The second-order valence-electron chi connectivity index (χ2n) is 7.65. The van der Waals surface area contributed by atoms with Gasteiger partial charge in [-0.25, -0.2) is 9.97 Å². The minimum atomic E-state index is -0.862. The van der Waals surface area contributed by atoms with Gasteiger partial charge in [-0.1, -0.05) is 24.3 Å². The maximum Gasteiger partial charge on any atom is 0.315 e. The molecule has 3 amide bonds. The summed E-state index contributed by atoms with van der Waals surface area (Å²) in [6.45, 7) is 2.49. The normalized spacial score (nSPS) is 18.7. The van der Waals surface area contributed by atoms with Crippen molar-refractivity contribution in [2.24, 2.45) is 11.7 Å². The van der Waals surface area contributed by atoms with Crippen molar-refractivity contribution in [2.75, 3.05) is 17.6 Å². The smallest absolute Gasteiger partial charge is 0.315 e. The molecule has 3 aromatic rings. The second kappa shape index (κ2) is 8.31. The highest BCUT2D eigenvalue weighted by Gasteiger charge is 2.34. The number of fused-ring (bicyclic) bond motifs is 1. The zero-order valence-corrected chi connectivity index (χ0v) is 17.7. The van der Waals surface area contributed by atoms with Crippen molar-refractivity contribution < 1.29 is 14.4 Å². The minimum Gasteiger partial charge on any atom is -0.375 e. The van der Waals surface area contributed by atoms with Gasteiger partial charge in [-0.15, -0.1) is 0 Å². The summed E-state index contributed by atoms with van der Waals surface area (Å²) in [6.07, 6.45) is 3.06. The van der Waals surface area contributed by atoms with E-state index in [1.165, 1.54) is 29.7 Å². The Balaban J connectivity index is 1.60. The Bertz CT molecular complexity index is 1180. The highest BCUT2D eigenvalue weighted by atomic mass is 32.1. The number of pyridine rings is 1. The summed E-state index contributed by atoms with van der Waals surface area (Å²) < 4.78 is 0.968. The van der Waals surface area contributed by atoms with Crippen molar-refractivity contribution in [2.45, 2.75) is 25.8 Å². The van der Waals surface area contributed by atoms with Crippen LogP contribution in [0, 0.1) is 5.92 Å². The topological polar surface area (TPSA) is 144 Å². The number of hydrogen-bond donors (Lipinski definition) is 3. The maximum atomic E-state index is 13.1. The van der Waals surface area contributed by atoms with Gasteiger partial charge in [0.25, 0.3) is 5.91 Å². The van der Waals surface area contributed by atoms with Crippen LogP contribution in [-0.2, 0) is 9.59 Å². The number of thiazole rings is 1. The zero-order chi connectivity index (χ0) is 22.1. The summed E-state index contributed by atoms with van der Waals surface area (Å²) in [5.41, 5.74) is 12.9. The number of hydrogen-bond acceptors (Lipinski definition) is 7. The van der Waals surface area contributed by atoms with Crippen LogP contribution in [0.25, 0.3) is 10.2 Å². The summed E-state index contributed by atoms with van der Waals surface area (Å²) in [6, 6.07) is 8.51. The van der Waals surface area contributed by atoms with Gasteiger partial charge in [0.2, 0.25) is 0 Å². The summed E-state index contributed by atoms with van der Waals surface area (Å²) in [4.78, 5) is 47.3. The molecule has 1 fully saturated rings. The molecule has 1 aromatic carbocycles. The largest absolute Gasteiger partial charge is 0.375 e. The van der Waals surface area contributed by atoms with Crippen molar-refractivity contribution in [3.05, 3.63) is 47.7 Å². The average molecular weight is 439 g/mol. The fourth-order valence-corrected chi connectivity index (χ4v) is 4.60. The molecule has 10 heteroatoms. The molecule has 1 saturated heterocycles. The molecule has 0 unspecified atom stereocenters. The first kappa shape index (κ1) is 20.7. The number of amides is 3. The first-order valence-electron chi connectivity index (χ1n) is 9.86. The number of anilines is 2. The lowest BCUT2D eigenvalue weighted by Crippen LogP contribution is -2.46. The number of nitrogens with one attached hydrogen (secondary N) is 1. The number of carbonyl (C=O) groups is 3. The van der Waals surface area contributed by atoms with E-state index in [1.54, 1.807) is 4.90 Å². The standard InChI is InChI=1S/C21H22N6O3S/c1-11-4-6-15(12-5-7-16-14(9-12)25-21(23)31-16)27(10-11)20(30)19(29)26-18-13(17(22)28)3-2-8-24-18/h2-3,5,7-9,11,15H,4,6,10H2,1H3,(H2,22,28)(H2,23,25)(H,24,26,29)/t11-,15+/m0/s1. The molecule has 0 spiro atoms. The number of aromatic nitrogens is 2. The third-order valence-corrected chi connectivity index (χ3v) is 6.26. The highest BCUT2D eigenvalue weighted by Crippen LogP contribution is 2.35. The summed E-state index contributed by atoms with van der Waals surface area (Å²) in [5, 5.41) is 2.92. The van der Waals surface area contributed by atoms with E-state index in [0.717, 1.165) is 28.6 Å². The lowest BCUT2D eigenvalue weighted by Gasteiger charge is -2.38. The van der Waals surface area contributed by atoms with Crippen LogP contribution in [0.1, 0.15) is 41.7 Å². The van der Waals surface area contributed by atoms with E-state index in [2.05, 4.69) is 15.3 Å². The molecule has 0 radical (unpaired) electrons. The van der Waals surface area contributed by atoms with Gasteiger partial charge in [0, 0.05) is 12.7 Å². The number of likely N-dealkylation sites (tertiary alicyclic amines) is 1. The highest BCUT2D eigenvalue weighted by molar-refractivity contribution is 7.22. The Hall–Kier alpha value is -3.53. The molecule has 0 aliphatic carbocycles. The molecule has 2 atom stereocenters. The van der Waals surface area contributed by atoms with Crippen LogP contribution in [0.3, 0.4) is 0 Å². The fraction of sp³-hybridized carbons (Fsp3) is 0.286. The molecular weight excluding hydrogens is 416 g/mol. The van der Waals surface area contributed by atoms with E-state index in [1.807, 2.05) is 25.1 Å². The van der Waals surface area contributed by atoms with E-state index >= 15 is 0 Å². The number of rotatable bonds is 3. The molecule has 2 aromatic heterocycles. The van der Waals surface area contributed by atoms with Gasteiger partial charge >= 0.3 is 11.8 Å². The minimum absolute atomic E-state index is 0.0330. The van der Waals surface area contributed by atoms with Crippen LogP contribution in [-0.4, -0.2) is 39.1 Å². The molecule has 9 nitrogen and oxygen atoms in total. The summed E-state index contributed by atoms with van der Waals surface area (Å²) >= 11 is 1.40. The lowest BCUT2D eigenvalue weighted by atomic mass is 9.89. The third-order valence-electron chi connectivity index (χ3n) is 5.39. The van der Waals surface area contributed by atoms with Gasteiger partial charge in [-0.2, -0.15) is 0 Å². The lowest BCUT2D eigenvalue weighted by molar-refractivity contribution is -0.146. The number of piperidine rings is 1. The van der Waals surface area contributed by atoms with Crippen molar-refractivity contribution >= 4 is 50.2 Å². The predicted octanol–water partition coefficient (Wildman–Crippen LogP) is 2.31. The van der Waals surface area contributed by atoms with Gasteiger partial charge in [-0.3, -0.25) is 14.4 Å². The Labute approximate surface area is 182 Å². The molecule has 5 N–H and O–H groups in total. The quantitative estimate of drug-likeness (QED) is 0.535. The van der Waals surface area contributed by atoms with Crippen molar-refractivity contribution in [3.63, 3.8) is 0 Å². The molecule has 3 heterocycles. The van der Waals surface area contributed by atoms with E-state index in [0.29, 0.717) is 11.7 Å². The van der Waals surface area contributed by atoms with Crippen molar-refractivity contribution in [1.29, 1.82) is 0 Å². The molecule has 0 bridgehead atoms. The fourth-order valence-electron chi connectivity index (χ4n) is 3.89. The van der Waals surface area contributed by atoms with Gasteiger partial charge in [0.15, 0.2) is 5.13 Å². The number of nitrogens with zero attached hydrogens (tertiary/aromatic N) is 3. The number of nitrogen functional groups attached to an aromatic ring is 1.